The fourth-order valence-corrected chi connectivity index (χ4v) is 0.857. The molecule has 0 heterocycles. The molecule has 2 heteroatoms. The number of hydrogen-bond donors (Lipinski definition) is 0. The highest BCUT2D eigenvalue weighted by Gasteiger charge is 1.83. The van der Waals surface area contributed by atoms with E-state index >= 15 is 0 Å². The van der Waals surface area contributed by atoms with Gasteiger partial charge < -0.3 is 0 Å². The van der Waals surface area contributed by atoms with E-state index in [1.807, 2.05) is 38.2 Å². The van der Waals surface area contributed by atoms with E-state index in [1.54, 1.807) is 0 Å². The molecule has 0 N–H and O–H groups in total. The molecule has 0 aromatic rings. The van der Waals surface area contributed by atoms with Gasteiger partial charge in [-0.1, -0.05) is 45.3 Å². The molecule has 0 bridgehead atoms. The van der Waals surface area contributed by atoms with Crippen molar-refractivity contribution in [3.63, 3.8) is 0 Å². The molecule has 0 atom stereocenters. The molecule has 0 unspecified atom stereocenters. The van der Waals surface area contributed by atoms with Gasteiger partial charge in [0.25, 0.3) is 0 Å². The average Bonchev–Trinajstić information content (AvgIpc) is 2.01. The Bertz CT molecular complexity index is 190. The minimum absolute atomic E-state index is 0.757. The zero-order valence-corrected chi connectivity index (χ0v) is 9.11. The number of halogens is 2. The predicted molar refractivity (Wildman–Crippen MR) is 56.3 cm³/mol. The summed E-state index contributed by atoms with van der Waals surface area (Å²) >= 11 is 9.14. The average molecular weight is 236 g/mol. The van der Waals surface area contributed by atoms with E-state index < -0.39 is 0 Å². The van der Waals surface area contributed by atoms with Crippen LogP contribution in [0.3, 0.4) is 0 Å². The zero-order chi connectivity index (χ0) is 8.69. The van der Waals surface area contributed by atoms with E-state index in [1.165, 1.54) is 5.57 Å². The number of alkyl halides is 1. The Hall–Kier alpha value is -0.0100. The second kappa shape index (κ2) is 6.68. The van der Waals surface area contributed by atoms with Gasteiger partial charge in [0.15, 0.2) is 0 Å². The summed E-state index contributed by atoms with van der Waals surface area (Å²) in [5.41, 5.74) is 1.26. The Morgan fingerprint density at radius 1 is 1.45 bits per heavy atom. The molecule has 0 saturated carbocycles. The summed E-state index contributed by atoms with van der Waals surface area (Å²) in [6.45, 7) is 3.99. The fourth-order valence-electron chi connectivity index (χ4n) is 0.481. The molecule has 0 rings (SSSR count). The monoisotopic (exact) mass is 234 g/mol. The first kappa shape index (κ1) is 11.0. The quantitative estimate of drug-likeness (QED) is 0.512. The van der Waals surface area contributed by atoms with Crippen LogP contribution in [0, 0.1) is 0 Å². The molecular weight excluding hydrogens is 223 g/mol. The van der Waals surface area contributed by atoms with E-state index in [-0.39, 0.29) is 0 Å². The van der Waals surface area contributed by atoms with Crippen LogP contribution in [0.5, 0.6) is 0 Å². The van der Waals surface area contributed by atoms with Crippen molar-refractivity contribution < 1.29 is 0 Å². The third-order valence-electron chi connectivity index (χ3n) is 1.06. The Kier molecular flexibility index (Phi) is 6.68. The molecule has 62 valence electrons. The van der Waals surface area contributed by atoms with Gasteiger partial charge in [0.1, 0.15) is 0 Å². The van der Waals surface area contributed by atoms with Crippen LogP contribution >= 0.6 is 27.5 Å². The summed E-state index contributed by atoms with van der Waals surface area (Å²) in [4.78, 5) is 0. The second-order valence-corrected chi connectivity index (χ2v) is 3.20. The Labute approximate surface area is 81.8 Å². The van der Waals surface area contributed by atoms with Crippen molar-refractivity contribution in [2.75, 3.05) is 5.33 Å². The van der Waals surface area contributed by atoms with Crippen molar-refractivity contribution in [1.29, 1.82) is 0 Å². The first-order chi connectivity index (χ1) is 5.20. The van der Waals surface area contributed by atoms with Gasteiger partial charge in [-0.15, -0.1) is 0 Å². The first-order valence-corrected chi connectivity index (χ1v) is 4.92. The second-order valence-electron chi connectivity index (χ2n) is 2.20. The molecule has 11 heavy (non-hydrogen) atoms. The molecule has 0 radical (unpaired) electrons. The Morgan fingerprint density at radius 3 is 2.55 bits per heavy atom. The summed E-state index contributed by atoms with van der Waals surface area (Å²) in [5, 5.41) is 1.65. The maximum absolute atomic E-state index is 5.80. The topological polar surface area (TPSA) is 0 Å². The Morgan fingerprint density at radius 2 is 2.09 bits per heavy atom. The van der Waals surface area contributed by atoms with E-state index in [9.17, 15) is 0 Å². The molecule has 0 amide bonds. The lowest BCUT2D eigenvalue weighted by molar-refractivity contribution is 1.42. The van der Waals surface area contributed by atoms with Crippen molar-refractivity contribution in [3.8, 4) is 0 Å². The van der Waals surface area contributed by atoms with Gasteiger partial charge in [-0.05, 0) is 26.0 Å². The van der Waals surface area contributed by atoms with E-state index in [0.29, 0.717) is 0 Å². The van der Waals surface area contributed by atoms with E-state index in [0.717, 1.165) is 10.4 Å². The third kappa shape index (κ3) is 6.39. The highest BCUT2D eigenvalue weighted by molar-refractivity contribution is 9.09. The normalized spacial score (nSPS) is 14.5. The van der Waals surface area contributed by atoms with Crippen molar-refractivity contribution >= 4 is 27.5 Å². The van der Waals surface area contributed by atoms with Gasteiger partial charge in [0.2, 0.25) is 0 Å². The van der Waals surface area contributed by atoms with Crippen LogP contribution in [0.4, 0.5) is 0 Å². The van der Waals surface area contributed by atoms with Crippen molar-refractivity contribution in [2.24, 2.45) is 0 Å². The maximum atomic E-state index is 5.80. The first-order valence-electron chi connectivity index (χ1n) is 3.42. The third-order valence-corrected chi connectivity index (χ3v) is 2.20. The van der Waals surface area contributed by atoms with Gasteiger partial charge in [-0.3, -0.25) is 0 Å². The summed E-state index contributed by atoms with van der Waals surface area (Å²) in [6, 6.07) is 0. The molecule has 0 aromatic carbocycles. The van der Waals surface area contributed by atoms with Gasteiger partial charge in [-0.25, -0.2) is 0 Å². The smallest absolute Gasteiger partial charge is 0.0402 e. The van der Waals surface area contributed by atoms with Crippen LogP contribution in [-0.2, 0) is 0 Å². The lowest BCUT2D eigenvalue weighted by atomic mass is 10.3. The van der Waals surface area contributed by atoms with Gasteiger partial charge in [0, 0.05) is 10.4 Å². The highest BCUT2D eigenvalue weighted by Crippen LogP contribution is 2.05. The predicted octanol–water partition coefficient (Wildman–Crippen LogP) is 4.03. The lowest BCUT2D eigenvalue weighted by Crippen LogP contribution is -1.72. The van der Waals surface area contributed by atoms with E-state index in [2.05, 4.69) is 15.9 Å². The van der Waals surface area contributed by atoms with Gasteiger partial charge in [-0.2, -0.15) is 0 Å². The van der Waals surface area contributed by atoms with Gasteiger partial charge >= 0.3 is 0 Å². The van der Waals surface area contributed by atoms with Crippen LogP contribution in [0.25, 0.3) is 0 Å². The van der Waals surface area contributed by atoms with Crippen LogP contribution in [0.1, 0.15) is 13.8 Å². The zero-order valence-electron chi connectivity index (χ0n) is 6.77. The van der Waals surface area contributed by atoms with Crippen molar-refractivity contribution in [3.05, 3.63) is 34.9 Å². The molecule has 0 nitrogen and oxygen atoms in total. The van der Waals surface area contributed by atoms with E-state index in [4.69, 9.17) is 11.6 Å². The highest BCUT2D eigenvalue weighted by atomic mass is 79.9. The summed E-state index contributed by atoms with van der Waals surface area (Å²) < 4.78 is 0. The van der Waals surface area contributed by atoms with Crippen molar-refractivity contribution in [2.45, 2.75) is 13.8 Å². The van der Waals surface area contributed by atoms with Crippen LogP contribution < -0.4 is 0 Å². The standard InChI is InChI=1S/C9H12BrCl/c1-3-4-9(11)6-5-8(2)7-10/h3-6H,7H2,1-2H3/b4-3-,8-5+,9-6+. The molecular formula is C9H12BrCl. The minimum Gasteiger partial charge on any atom is -0.0880 e. The molecule has 0 aromatic heterocycles. The summed E-state index contributed by atoms with van der Waals surface area (Å²) in [6.07, 6.45) is 7.66. The molecule has 0 spiro atoms. The number of hydrogen-bond acceptors (Lipinski definition) is 0. The number of rotatable bonds is 3. The summed E-state index contributed by atoms with van der Waals surface area (Å²) in [7, 11) is 0. The van der Waals surface area contributed by atoms with Gasteiger partial charge in [0.05, 0.1) is 0 Å². The van der Waals surface area contributed by atoms with Crippen LogP contribution in [0.2, 0.25) is 0 Å². The SMILES string of the molecule is C\C=C/C(Cl)=C\C=C(/C)CBr. The number of allylic oxidation sites excluding steroid dienone is 6. The molecule has 0 aliphatic heterocycles. The van der Waals surface area contributed by atoms with Crippen LogP contribution in [0.15, 0.2) is 34.9 Å². The molecule has 0 aliphatic carbocycles. The Balaban J connectivity index is 4.10. The van der Waals surface area contributed by atoms with Crippen molar-refractivity contribution in [1.82, 2.24) is 0 Å². The molecule has 0 fully saturated rings. The summed E-state index contributed by atoms with van der Waals surface area (Å²) in [5.74, 6) is 0. The molecule has 0 saturated heterocycles. The maximum Gasteiger partial charge on any atom is 0.0402 e. The lowest BCUT2D eigenvalue weighted by Gasteiger charge is -1.89. The van der Waals surface area contributed by atoms with Crippen LogP contribution in [-0.4, -0.2) is 5.33 Å². The fraction of sp³-hybridized carbons (Fsp3) is 0.333. The molecule has 0 aliphatic rings. The minimum atomic E-state index is 0.757. The largest absolute Gasteiger partial charge is 0.0880 e.